The van der Waals surface area contributed by atoms with E-state index in [4.69, 9.17) is 4.74 Å². The van der Waals surface area contributed by atoms with E-state index in [0.29, 0.717) is 12.4 Å². The summed E-state index contributed by atoms with van der Waals surface area (Å²) in [6.07, 6.45) is 0.939. The molecule has 0 saturated carbocycles. The predicted molar refractivity (Wildman–Crippen MR) is 64.7 cm³/mol. The Morgan fingerprint density at radius 3 is 2.87 bits per heavy atom. The number of hydrogen-bond donors (Lipinski definition) is 1. The van der Waals surface area contributed by atoms with E-state index >= 15 is 0 Å². The molecule has 0 aliphatic heterocycles. The summed E-state index contributed by atoms with van der Waals surface area (Å²) in [6, 6.07) is 7.42. The van der Waals surface area contributed by atoms with Gasteiger partial charge in [0.05, 0.1) is 12.3 Å². The second-order valence-electron chi connectivity index (χ2n) is 3.07. The Morgan fingerprint density at radius 2 is 2.20 bits per heavy atom. The van der Waals surface area contributed by atoms with E-state index in [1.807, 2.05) is 24.3 Å². The molecule has 82 valence electrons. The summed E-state index contributed by atoms with van der Waals surface area (Å²) < 4.78 is 5.53. The van der Waals surface area contributed by atoms with E-state index in [1.54, 1.807) is 0 Å². The number of hydrogen-bond acceptors (Lipinski definition) is 2. The lowest BCUT2D eigenvalue weighted by Gasteiger charge is -2.10. The second kappa shape index (κ2) is 6.45. The van der Waals surface area contributed by atoms with Gasteiger partial charge in [0, 0.05) is 12.3 Å². The van der Waals surface area contributed by atoms with Crippen LogP contribution < -0.4 is 10.1 Å². The third-order valence-corrected chi connectivity index (χ3v) is 2.29. The SMILES string of the molecule is CC(=O)Nc1ccccc1OCCCBr. The fourth-order valence-electron chi connectivity index (χ4n) is 1.12. The molecule has 0 unspecified atom stereocenters. The van der Waals surface area contributed by atoms with E-state index in [1.165, 1.54) is 6.92 Å². The number of alkyl halides is 1. The third-order valence-electron chi connectivity index (χ3n) is 1.73. The lowest BCUT2D eigenvalue weighted by Crippen LogP contribution is -2.08. The molecule has 0 aliphatic rings. The first-order valence-electron chi connectivity index (χ1n) is 4.79. The van der Waals surface area contributed by atoms with Gasteiger partial charge in [0.15, 0.2) is 0 Å². The smallest absolute Gasteiger partial charge is 0.221 e. The largest absolute Gasteiger partial charge is 0.491 e. The number of carbonyl (C=O) groups excluding carboxylic acids is 1. The van der Waals surface area contributed by atoms with Gasteiger partial charge in [-0.05, 0) is 18.6 Å². The number of rotatable bonds is 5. The Kier molecular flexibility index (Phi) is 5.18. The molecule has 0 heterocycles. The van der Waals surface area contributed by atoms with Crippen molar-refractivity contribution in [2.75, 3.05) is 17.3 Å². The Balaban J connectivity index is 2.64. The summed E-state index contributed by atoms with van der Waals surface area (Å²) in [7, 11) is 0. The van der Waals surface area contributed by atoms with Crippen LogP contribution in [0, 0.1) is 0 Å². The van der Waals surface area contributed by atoms with Gasteiger partial charge in [0.2, 0.25) is 5.91 Å². The van der Waals surface area contributed by atoms with E-state index in [2.05, 4.69) is 21.2 Å². The van der Waals surface area contributed by atoms with Crippen LogP contribution in [0.5, 0.6) is 5.75 Å². The van der Waals surface area contributed by atoms with Crippen molar-refractivity contribution in [3.8, 4) is 5.75 Å². The highest BCUT2D eigenvalue weighted by Crippen LogP contribution is 2.23. The number of amides is 1. The summed E-state index contributed by atoms with van der Waals surface area (Å²) >= 11 is 3.33. The number of para-hydroxylation sites is 2. The summed E-state index contributed by atoms with van der Waals surface area (Å²) in [6.45, 7) is 2.12. The van der Waals surface area contributed by atoms with Gasteiger partial charge in [-0.3, -0.25) is 4.79 Å². The molecule has 1 rings (SSSR count). The lowest BCUT2D eigenvalue weighted by molar-refractivity contribution is -0.114. The van der Waals surface area contributed by atoms with Crippen molar-refractivity contribution < 1.29 is 9.53 Å². The predicted octanol–water partition coefficient (Wildman–Crippen LogP) is 2.81. The highest BCUT2D eigenvalue weighted by atomic mass is 79.9. The van der Waals surface area contributed by atoms with E-state index in [9.17, 15) is 4.79 Å². The van der Waals surface area contributed by atoms with Gasteiger partial charge in [-0.15, -0.1) is 0 Å². The first kappa shape index (κ1) is 12.0. The van der Waals surface area contributed by atoms with Gasteiger partial charge in [-0.25, -0.2) is 0 Å². The molecule has 0 atom stereocenters. The van der Waals surface area contributed by atoms with Gasteiger partial charge in [-0.1, -0.05) is 28.1 Å². The lowest BCUT2D eigenvalue weighted by atomic mass is 10.3. The molecule has 0 spiro atoms. The van der Waals surface area contributed by atoms with Gasteiger partial charge in [0.25, 0.3) is 0 Å². The molecular weight excluding hydrogens is 258 g/mol. The number of nitrogens with one attached hydrogen (secondary N) is 1. The highest BCUT2D eigenvalue weighted by molar-refractivity contribution is 9.09. The Labute approximate surface area is 97.9 Å². The molecule has 0 radical (unpaired) electrons. The summed E-state index contributed by atoms with van der Waals surface area (Å²) in [4.78, 5) is 10.9. The fourth-order valence-corrected chi connectivity index (χ4v) is 1.35. The average Bonchev–Trinajstić information content (AvgIpc) is 2.20. The minimum atomic E-state index is -0.0912. The van der Waals surface area contributed by atoms with Crippen LogP contribution in [-0.4, -0.2) is 17.8 Å². The molecule has 1 aromatic carbocycles. The normalized spacial score (nSPS) is 9.73. The van der Waals surface area contributed by atoms with Crippen LogP contribution in [0.25, 0.3) is 0 Å². The molecule has 15 heavy (non-hydrogen) atoms. The Bertz CT molecular complexity index is 328. The standard InChI is InChI=1S/C11H14BrNO2/c1-9(14)13-10-5-2-3-6-11(10)15-8-4-7-12/h2-3,5-6H,4,7-8H2,1H3,(H,13,14). The number of ether oxygens (including phenoxy) is 1. The van der Waals surface area contributed by atoms with Crippen LogP contribution in [0.4, 0.5) is 5.69 Å². The molecule has 0 saturated heterocycles. The minimum Gasteiger partial charge on any atom is -0.491 e. The van der Waals surface area contributed by atoms with Gasteiger partial charge >= 0.3 is 0 Å². The molecule has 1 N–H and O–H groups in total. The fraction of sp³-hybridized carbons (Fsp3) is 0.364. The maximum absolute atomic E-state index is 10.9. The number of anilines is 1. The van der Waals surface area contributed by atoms with Crippen LogP contribution in [0.15, 0.2) is 24.3 Å². The van der Waals surface area contributed by atoms with Gasteiger partial charge in [0.1, 0.15) is 5.75 Å². The maximum Gasteiger partial charge on any atom is 0.221 e. The minimum absolute atomic E-state index is 0.0912. The van der Waals surface area contributed by atoms with Crippen molar-refractivity contribution in [2.24, 2.45) is 0 Å². The van der Waals surface area contributed by atoms with Crippen molar-refractivity contribution >= 4 is 27.5 Å². The van der Waals surface area contributed by atoms with Crippen LogP contribution in [-0.2, 0) is 4.79 Å². The number of carbonyl (C=O) groups is 1. The Morgan fingerprint density at radius 1 is 1.47 bits per heavy atom. The average molecular weight is 272 g/mol. The second-order valence-corrected chi connectivity index (χ2v) is 3.86. The third kappa shape index (κ3) is 4.34. The van der Waals surface area contributed by atoms with E-state index in [-0.39, 0.29) is 5.91 Å². The van der Waals surface area contributed by atoms with Gasteiger partial charge < -0.3 is 10.1 Å². The molecule has 0 fully saturated rings. The Hall–Kier alpha value is -1.03. The quantitative estimate of drug-likeness (QED) is 0.661. The van der Waals surface area contributed by atoms with Crippen LogP contribution in [0.3, 0.4) is 0 Å². The maximum atomic E-state index is 10.9. The van der Waals surface area contributed by atoms with Crippen molar-refractivity contribution in [3.63, 3.8) is 0 Å². The first-order valence-corrected chi connectivity index (χ1v) is 5.91. The molecule has 3 nitrogen and oxygen atoms in total. The van der Waals surface area contributed by atoms with Crippen molar-refractivity contribution in [3.05, 3.63) is 24.3 Å². The number of benzene rings is 1. The van der Waals surface area contributed by atoms with Gasteiger partial charge in [-0.2, -0.15) is 0 Å². The van der Waals surface area contributed by atoms with E-state index < -0.39 is 0 Å². The monoisotopic (exact) mass is 271 g/mol. The number of halogens is 1. The zero-order chi connectivity index (χ0) is 11.1. The highest BCUT2D eigenvalue weighted by Gasteiger charge is 2.03. The van der Waals surface area contributed by atoms with Crippen LogP contribution in [0.2, 0.25) is 0 Å². The van der Waals surface area contributed by atoms with Crippen LogP contribution in [0.1, 0.15) is 13.3 Å². The zero-order valence-corrected chi connectivity index (χ0v) is 10.2. The summed E-state index contributed by atoms with van der Waals surface area (Å²) in [5.74, 6) is 0.625. The molecule has 1 aromatic rings. The summed E-state index contributed by atoms with van der Waals surface area (Å²) in [5.41, 5.74) is 0.722. The molecule has 0 aliphatic carbocycles. The molecule has 4 heteroatoms. The molecular formula is C11H14BrNO2. The van der Waals surface area contributed by atoms with E-state index in [0.717, 1.165) is 17.4 Å². The zero-order valence-electron chi connectivity index (χ0n) is 8.63. The van der Waals surface area contributed by atoms with Crippen molar-refractivity contribution in [1.82, 2.24) is 0 Å². The molecule has 1 amide bonds. The topological polar surface area (TPSA) is 38.3 Å². The molecule has 0 bridgehead atoms. The summed E-state index contributed by atoms with van der Waals surface area (Å²) in [5, 5.41) is 3.64. The van der Waals surface area contributed by atoms with Crippen LogP contribution >= 0.6 is 15.9 Å². The van der Waals surface area contributed by atoms with Crippen molar-refractivity contribution in [1.29, 1.82) is 0 Å². The molecule has 0 aromatic heterocycles. The van der Waals surface area contributed by atoms with Crippen molar-refractivity contribution in [2.45, 2.75) is 13.3 Å². The first-order chi connectivity index (χ1) is 7.24.